The number of hydrogen-bond acceptors (Lipinski definition) is 4. The molecule has 0 aliphatic carbocycles. The molecule has 1 aromatic rings. The largest absolute Gasteiger partial charge is 0.483 e. The van der Waals surface area contributed by atoms with Gasteiger partial charge in [0.15, 0.2) is 5.05 Å². The van der Waals surface area contributed by atoms with Crippen molar-refractivity contribution < 1.29 is 9.47 Å². The molecule has 1 heterocycles. The molecule has 0 spiro atoms. The van der Waals surface area contributed by atoms with Crippen molar-refractivity contribution in [1.82, 2.24) is 9.78 Å². The third kappa shape index (κ3) is 2.45. The number of ether oxygens (including phenoxy) is 2. The van der Waals surface area contributed by atoms with Gasteiger partial charge in [0.25, 0.3) is 0 Å². The van der Waals surface area contributed by atoms with E-state index in [-0.39, 0.29) is 0 Å². The van der Waals surface area contributed by atoms with Gasteiger partial charge in [0.2, 0.25) is 5.88 Å². The standard InChI is InChI=1S/C9H14N2O2S/c1-4-12-8-7(6-11(3)10-8)9(14)13-5-2/h6H,4-5H2,1-3H3. The predicted molar refractivity (Wildman–Crippen MR) is 57.7 cm³/mol. The van der Waals surface area contributed by atoms with Gasteiger partial charge in [-0.15, -0.1) is 5.10 Å². The average molecular weight is 214 g/mol. The summed E-state index contributed by atoms with van der Waals surface area (Å²) in [6, 6.07) is 0. The molecule has 0 radical (unpaired) electrons. The molecule has 1 rings (SSSR count). The van der Waals surface area contributed by atoms with Gasteiger partial charge < -0.3 is 9.47 Å². The van der Waals surface area contributed by atoms with E-state index in [9.17, 15) is 0 Å². The molecule has 0 saturated carbocycles. The van der Waals surface area contributed by atoms with Crippen LogP contribution in [0.1, 0.15) is 19.4 Å². The zero-order valence-corrected chi connectivity index (χ0v) is 9.43. The maximum absolute atomic E-state index is 5.33. The van der Waals surface area contributed by atoms with E-state index in [1.54, 1.807) is 10.9 Å². The molecule has 0 saturated heterocycles. The van der Waals surface area contributed by atoms with Crippen molar-refractivity contribution in [2.45, 2.75) is 13.8 Å². The van der Waals surface area contributed by atoms with E-state index in [1.165, 1.54) is 0 Å². The SMILES string of the molecule is CCOC(=S)c1cn(C)nc1OCC. The van der Waals surface area contributed by atoms with Crippen molar-refractivity contribution in [3.63, 3.8) is 0 Å². The molecular formula is C9H14N2O2S. The molecule has 0 unspecified atom stereocenters. The highest BCUT2D eigenvalue weighted by Gasteiger charge is 2.13. The van der Waals surface area contributed by atoms with Crippen molar-refractivity contribution in [1.29, 1.82) is 0 Å². The molecule has 0 bridgehead atoms. The van der Waals surface area contributed by atoms with Gasteiger partial charge in [-0.25, -0.2) is 0 Å². The van der Waals surface area contributed by atoms with E-state index in [0.717, 1.165) is 5.56 Å². The predicted octanol–water partition coefficient (Wildman–Crippen LogP) is 1.53. The second kappa shape index (κ2) is 4.95. The number of rotatable bonds is 4. The fraction of sp³-hybridized carbons (Fsp3) is 0.556. The molecule has 0 N–H and O–H groups in total. The monoisotopic (exact) mass is 214 g/mol. The van der Waals surface area contributed by atoms with Crippen LogP contribution in [0.5, 0.6) is 5.88 Å². The maximum Gasteiger partial charge on any atom is 0.244 e. The Hall–Kier alpha value is -1.10. The number of hydrogen-bond donors (Lipinski definition) is 0. The molecular weight excluding hydrogens is 200 g/mol. The highest BCUT2D eigenvalue weighted by atomic mass is 32.1. The molecule has 0 aliphatic rings. The van der Waals surface area contributed by atoms with Gasteiger partial charge in [-0.2, -0.15) is 0 Å². The van der Waals surface area contributed by atoms with Crippen LogP contribution in [0.4, 0.5) is 0 Å². The smallest absolute Gasteiger partial charge is 0.244 e. The Bertz CT molecular complexity index is 323. The Kier molecular flexibility index (Phi) is 3.88. The zero-order valence-electron chi connectivity index (χ0n) is 8.61. The van der Waals surface area contributed by atoms with Crippen molar-refractivity contribution in [2.75, 3.05) is 13.2 Å². The Labute approximate surface area is 88.8 Å². The van der Waals surface area contributed by atoms with Crippen LogP contribution in [0.25, 0.3) is 0 Å². The first-order valence-corrected chi connectivity index (χ1v) is 4.93. The fourth-order valence-electron chi connectivity index (χ4n) is 1.06. The van der Waals surface area contributed by atoms with Gasteiger partial charge >= 0.3 is 0 Å². The summed E-state index contributed by atoms with van der Waals surface area (Å²) >= 11 is 5.08. The molecule has 0 amide bonds. The summed E-state index contributed by atoms with van der Waals surface area (Å²) in [5.74, 6) is 0.536. The first-order valence-electron chi connectivity index (χ1n) is 4.52. The Morgan fingerprint density at radius 2 is 2.21 bits per heavy atom. The van der Waals surface area contributed by atoms with E-state index >= 15 is 0 Å². The number of nitrogens with zero attached hydrogens (tertiary/aromatic N) is 2. The molecule has 5 heteroatoms. The summed E-state index contributed by atoms with van der Waals surface area (Å²) in [4.78, 5) is 0. The van der Waals surface area contributed by atoms with E-state index in [2.05, 4.69) is 5.10 Å². The van der Waals surface area contributed by atoms with Crippen molar-refractivity contribution in [2.24, 2.45) is 7.05 Å². The minimum atomic E-state index is 0.434. The van der Waals surface area contributed by atoms with Crippen LogP contribution in [0.15, 0.2) is 6.20 Å². The second-order valence-corrected chi connectivity index (χ2v) is 3.05. The normalized spacial score (nSPS) is 9.93. The van der Waals surface area contributed by atoms with Gasteiger partial charge in [-0.1, -0.05) is 0 Å². The lowest BCUT2D eigenvalue weighted by Crippen LogP contribution is -2.05. The third-order valence-corrected chi connectivity index (χ3v) is 1.91. The topological polar surface area (TPSA) is 36.3 Å². The lowest BCUT2D eigenvalue weighted by Gasteiger charge is -2.04. The molecule has 0 atom stereocenters. The number of aromatic nitrogens is 2. The molecule has 14 heavy (non-hydrogen) atoms. The van der Waals surface area contributed by atoms with Crippen LogP contribution in [0.2, 0.25) is 0 Å². The van der Waals surface area contributed by atoms with Crippen LogP contribution in [0.3, 0.4) is 0 Å². The van der Waals surface area contributed by atoms with Crippen LogP contribution in [0, 0.1) is 0 Å². The average Bonchev–Trinajstić information content (AvgIpc) is 2.48. The third-order valence-electron chi connectivity index (χ3n) is 1.57. The van der Waals surface area contributed by atoms with Gasteiger partial charge in [0.05, 0.1) is 13.2 Å². The second-order valence-electron chi connectivity index (χ2n) is 2.68. The molecule has 4 nitrogen and oxygen atoms in total. The first-order chi connectivity index (χ1) is 6.69. The molecule has 1 aromatic heterocycles. The van der Waals surface area contributed by atoms with Crippen LogP contribution in [-0.4, -0.2) is 28.0 Å². The summed E-state index contributed by atoms with van der Waals surface area (Å²) < 4.78 is 12.2. The summed E-state index contributed by atoms with van der Waals surface area (Å²) in [6.07, 6.45) is 1.79. The van der Waals surface area contributed by atoms with Crippen LogP contribution < -0.4 is 4.74 Å². The fourth-order valence-corrected chi connectivity index (χ4v) is 1.32. The molecule has 0 fully saturated rings. The Morgan fingerprint density at radius 1 is 1.50 bits per heavy atom. The zero-order chi connectivity index (χ0) is 10.6. The minimum Gasteiger partial charge on any atom is -0.483 e. The minimum absolute atomic E-state index is 0.434. The molecule has 78 valence electrons. The van der Waals surface area contributed by atoms with Gasteiger partial charge in [0, 0.05) is 13.2 Å². The Morgan fingerprint density at radius 3 is 2.79 bits per heavy atom. The highest BCUT2D eigenvalue weighted by molar-refractivity contribution is 7.80. The van der Waals surface area contributed by atoms with Crippen molar-refractivity contribution >= 4 is 17.3 Å². The summed E-state index contributed by atoms with van der Waals surface area (Å²) in [6.45, 7) is 4.92. The Balaban J connectivity index is 2.88. The van der Waals surface area contributed by atoms with E-state index < -0.39 is 0 Å². The molecule has 0 aliphatic heterocycles. The summed E-state index contributed by atoms with van der Waals surface area (Å²) in [5, 5.41) is 4.56. The first kappa shape index (κ1) is 11.0. The van der Waals surface area contributed by atoms with Gasteiger partial charge in [0.1, 0.15) is 5.56 Å². The van der Waals surface area contributed by atoms with Crippen LogP contribution in [-0.2, 0) is 11.8 Å². The number of aryl methyl sites for hydroxylation is 1. The summed E-state index contributed by atoms with van der Waals surface area (Å²) in [7, 11) is 1.82. The van der Waals surface area contributed by atoms with E-state index in [4.69, 9.17) is 21.7 Å². The quantitative estimate of drug-likeness (QED) is 0.712. The summed E-state index contributed by atoms with van der Waals surface area (Å²) in [5.41, 5.74) is 0.742. The lowest BCUT2D eigenvalue weighted by molar-refractivity contribution is 0.314. The highest BCUT2D eigenvalue weighted by Crippen LogP contribution is 2.17. The van der Waals surface area contributed by atoms with Crippen molar-refractivity contribution in [3.8, 4) is 5.88 Å². The van der Waals surface area contributed by atoms with E-state index in [0.29, 0.717) is 24.1 Å². The van der Waals surface area contributed by atoms with E-state index in [1.807, 2.05) is 20.9 Å². The van der Waals surface area contributed by atoms with Crippen LogP contribution >= 0.6 is 12.2 Å². The number of thiocarbonyl (C=S) groups is 1. The lowest BCUT2D eigenvalue weighted by atomic mass is 10.4. The maximum atomic E-state index is 5.33. The van der Waals surface area contributed by atoms with Gasteiger partial charge in [-0.05, 0) is 26.1 Å². The molecule has 0 aromatic carbocycles. The van der Waals surface area contributed by atoms with Crippen molar-refractivity contribution in [3.05, 3.63) is 11.8 Å². The van der Waals surface area contributed by atoms with Gasteiger partial charge in [-0.3, -0.25) is 4.68 Å².